The summed E-state index contributed by atoms with van der Waals surface area (Å²) >= 11 is 6.23. The molecule has 0 fully saturated rings. The predicted octanol–water partition coefficient (Wildman–Crippen LogP) is 2.32. The minimum absolute atomic E-state index is 0.248. The smallest absolute Gasteiger partial charge is 0.423 e. The molecule has 0 saturated carbocycles. The zero-order valence-corrected chi connectivity index (χ0v) is 12.4. The second kappa shape index (κ2) is 5.72. The number of hydrogen-bond acceptors (Lipinski definition) is 3. The number of nitrogens with one attached hydrogen (secondary N) is 1. The molecular formula is C15H12BClFNO3. The quantitative estimate of drug-likeness (QED) is 0.835. The molecule has 0 spiro atoms. The van der Waals surface area contributed by atoms with E-state index < -0.39 is 12.9 Å². The maximum atomic E-state index is 14.2. The van der Waals surface area contributed by atoms with Gasteiger partial charge < -0.3 is 15.0 Å². The second-order valence-corrected chi connectivity index (χ2v) is 5.48. The molecular weight excluding hydrogens is 307 g/mol. The first-order valence-corrected chi connectivity index (χ1v) is 7.03. The Kier molecular flexibility index (Phi) is 3.91. The maximum Gasteiger partial charge on any atom is 0.491 e. The minimum Gasteiger partial charge on any atom is -0.423 e. The van der Waals surface area contributed by atoms with Crippen LogP contribution in [0.15, 0.2) is 30.3 Å². The lowest BCUT2D eigenvalue weighted by Gasteiger charge is -2.11. The molecule has 0 atom stereocenters. The molecule has 1 amide bonds. The third-order valence-electron chi connectivity index (χ3n) is 3.47. The van der Waals surface area contributed by atoms with Crippen molar-refractivity contribution in [2.45, 2.75) is 13.5 Å². The van der Waals surface area contributed by atoms with Gasteiger partial charge in [0.2, 0.25) is 5.91 Å². The molecule has 0 aliphatic carbocycles. The van der Waals surface area contributed by atoms with Crippen molar-refractivity contribution in [3.05, 3.63) is 46.7 Å². The normalized spacial score (nSPS) is 13.2. The highest BCUT2D eigenvalue weighted by Gasteiger charge is 2.29. The van der Waals surface area contributed by atoms with Crippen LogP contribution in [0.5, 0.6) is 0 Å². The van der Waals surface area contributed by atoms with E-state index in [9.17, 15) is 14.2 Å². The monoisotopic (exact) mass is 319 g/mol. The van der Waals surface area contributed by atoms with Crippen LogP contribution in [-0.2, 0) is 16.1 Å². The number of carbonyl (C=O) groups is 1. The lowest BCUT2D eigenvalue weighted by molar-refractivity contribution is -0.114. The fraction of sp³-hybridized carbons (Fsp3) is 0.133. The number of fused-ring (bicyclic) bond motifs is 1. The highest BCUT2D eigenvalue weighted by Crippen LogP contribution is 2.33. The number of rotatable bonds is 2. The third kappa shape index (κ3) is 2.73. The van der Waals surface area contributed by atoms with Crippen LogP contribution >= 0.6 is 11.6 Å². The van der Waals surface area contributed by atoms with Crippen molar-refractivity contribution >= 4 is 35.8 Å². The van der Waals surface area contributed by atoms with E-state index in [2.05, 4.69) is 5.32 Å². The van der Waals surface area contributed by atoms with Crippen molar-refractivity contribution in [3.63, 3.8) is 0 Å². The van der Waals surface area contributed by atoms with Gasteiger partial charge in [-0.15, -0.1) is 0 Å². The molecule has 0 bridgehead atoms. The first-order chi connectivity index (χ1) is 10.5. The van der Waals surface area contributed by atoms with E-state index in [0.29, 0.717) is 21.7 Å². The highest BCUT2D eigenvalue weighted by atomic mass is 35.5. The van der Waals surface area contributed by atoms with E-state index in [-0.39, 0.29) is 18.1 Å². The highest BCUT2D eigenvalue weighted by molar-refractivity contribution is 6.61. The molecule has 4 nitrogen and oxygen atoms in total. The molecule has 112 valence electrons. The summed E-state index contributed by atoms with van der Waals surface area (Å²) in [5.74, 6) is -0.717. The summed E-state index contributed by atoms with van der Waals surface area (Å²) in [5, 5.41) is 12.7. The van der Waals surface area contributed by atoms with Crippen LogP contribution in [0.3, 0.4) is 0 Å². The Morgan fingerprint density at radius 3 is 2.86 bits per heavy atom. The second-order valence-electron chi connectivity index (χ2n) is 5.07. The SMILES string of the molecule is CC(=O)Nc1ccc(F)c(-c2cc3c(cc2Cl)COB3O)c1. The summed E-state index contributed by atoms with van der Waals surface area (Å²) in [6, 6.07) is 7.52. The van der Waals surface area contributed by atoms with Crippen LogP contribution in [0, 0.1) is 5.82 Å². The third-order valence-corrected chi connectivity index (χ3v) is 3.78. The Bertz CT molecular complexity index is 769. The molecule has 1 heterocycles. The predicted molar refractivity (Wildman–Crippen MR) is 83.5 cm³/mol. The summed E-state index contributed by atoms with van der Waals surface area (Å²) in [6.45, 7) is 1.64. The molecule has 2 aromatic carbocycles. The van der Waals surface area contributed by atoms with Gasteiger partial charge in [-0.1, -0.05) is 17.7 Å². The minimum atomic E-state index is -1.03. The van der Waals surface area contributed by atoms with E-state index in [1.165, 1.54) is 25.1 Å². The zero-order valence-electron chi connectivity index (χ0n) is 11.7. The number of halogens is 2. The van der Waals surface area contributed by atoms with Crippen LogP contribution in [0.4, 0.5) is 10.1 Å². The first-order valence-electron chi connectivity index (χ1n) is 6.65. The van der Waals surface area contributed by atoms with Gasteiger partial charge in [0.25, 0.3) is 0 Å². The van der Waals surface area contributed by atoms with Crippen molar-refractivity contribution < 1.29 is 18.9 Å². The summed E-state index contributed by atoms with van der Waals surface area (Å²) in [7, 11) is -1.03. The Balaban J connectivity index is 2.11. The summed E-state index contributed by atoms with van der Waals surface area (Å²) < 4.78 is 19.3. The van der Waals surface area contributed by atoms with Crippen LogP contribution in [0.2, 0.25) is 5.02 Å². The molecule has 1 aliphatic rings. The van der Waals surface area contributed by atoms with Crippen molar-refractivity contribution in [1.29, 1.82) is 0 Å². The average molecular weight is 320 g/mol. The topological polar surface area (TPSA) is 58.6 Å². The van der Waals surface area contributed by atoms with Crippen molar-refractivity contribution in [1.82, 2.24) is 0 Å². The molecule has 0 unspecified atom stereocenters. The average Bonchev–Trinajstić information content (AvgIpc) is 2.80. The molecule has 2 N–H and O–H groups in total. The Labute approximate surface area is 132 Å². The van der Waals surface area contributed by atoms with Crippen LogP contribution in [0.25, 0.3) is 11.1 Å². The number of benzene rings is 2. The van der Waals surface area contributed by atoms with E-state index in [4.69, 9.17) is 16.3 Å². The van der Waals surface area contributed by atoms with Gasteiger partial charge in [0.05, 0.1) is 6.61 Å². The van der Waals surface area contributed by atoms with Crippen molar-refractivity contribution in [3.8, 4) is 11.1 Å². The standard InChI is InChI=1S/C15H12BClFNO3/c1-8(20)19-10-2-3-15(18)12(5-10)11-6-13-9(4-14(11)17)7-22-16(13)21/h2-6,21H,7H2,1H3,(H,19,20). The number of carbonyl (C=O) groups excluding carboxylic acids is 1. The van der Waals surface area contributed by atoms with Gasteiger partial charge >= 0.3 is 7.12 Å². The Morgan fingerprint density at radius 2 is 2.14 bits per heavy atom. The number of anilines is 1. The molecule has 0 radical (unpaired) electrons. The number of amides is 1. The van der Waals surface area contributed by atoms with Crippen molar-refractivity contribution in [2.75, 3.05) is 5.32 Å². The van der Waals surface area contributed by atoms with Gasteiger partial charge in [-0.25, -0.2) is 4.39 Å². The molecule has 1 aliphatic heterocycles. The maximum absolute atomic E-state index is 14.2. The van der Waals surface area contributed by atoms with Crippen molar-refractivity contribution in [2.24, 2.45) is 0 Å². The van der Waals surface area contributed by atoms with E-state index in [1.807, 2.05) is 0 Å². The van der Waals surface area contributed by atoms with E-state index in [0.717, 1.165) is 5.56 Å². The fourth-order valence-electron chi connectivity index (χ4n) is 2.46. The fourth-order valence-corrected chi connectivity index (χ4v) is 2.75. The number of hydrogen-bond donors (Lipinski definition) is 2. The molecule has 0 saturated heterocycles. The Morgan fingerprint density at radius 1 is 1.36 bits per heavy atom. The summed E-state index contributed by atoms with van der Waals surface area (Å²) in [4.78, 5) is 11.1. The first kappa shape index (κ1) is 15.0. The van der Waals surface area contributed by atoms with E-state index >= 15 is 0 Å². The lowest BCUT2D eigenvalue weighted by atomic mass is 9.78. The van der Waals surface area contributed by atoms with Crippen LogP contribution in [0.1, 0.15) is 12.5 Å². The summed E-state index contributed by atoms with van der Waals surface area (Å²) in [5.41, 5.74) is 2.51. The molecule has 22 heavy (non-hydrogen) atoms. The molecule has 7 heteroatoms. The van der Waals surface area contributed by atoms with Gasteiger partial charge in [0.15, 0.2) is 0 Å². The largest absolute Gasteiger partial charge is 0.491 e. The molecule has 3 rings (SSSR count). The zero-order chi connectivity index (χ0) is 15.9. The molecule has 2 aromatic rings. The van der Waals surface area contributed by atoms with Gasteiger partial charge in [-0.05, 0) is 35.3 Å². The van der Waals surface area contributed by atoms with Gasteiger partial charge in [0, 0.05) is 28.8 Å². The summed E-state index contributed by atoms with van der Waals surface area (Å²) in [6.07, 6.45) is 0. The van der Waals surface area contributed by atoms with Gasteiger partial charge in [-0.3, -0.25) is 4.79 Å². The van der Waals surface area contributed by atoms with Gasteiger partial charge in [0.1, 0.15) is 5.82 Å². The lowest BCUT2D eigenvalue weighted by Crippen LogP contribution is -2.28. The van der Waals surface area contributed by atoms with Gasteiger partial charge in [-0.2, -0.15) is 0 Å². The molecule has 0 aromatic heterocycles. The Hall–Kier alpha value is -1.89. The van der Waals surface area contributed by atoms with E-state index in [1.54, 1.807) is 12.1 Å². The van der Waals surface area contributed by atoms with Crippen LogP contribution in [-0.4, -0.2) is 18.0 Å². The van der Waals surface area contributed by atoms with Crippen LogP contribution < -0.4 is 10.8 Å².